The van der Waals surface area contributed by atoms with E-state index in [9.17, 15) is 16.8 Å². The predicted molar refractivity (Wildman–Crippen MR) is 83.0 cm³/mol. The van der Waals surface area contributed by atoms with Crippen molar-refractivity contribution in [3.63, 3.8) is 0 Å². The molecule has 1 aliphatic heterocycles. The number of halogens is 1. The third-order valence-corrected chi connectivity index (χ3v) is 6.46. The molecule has 1 fully saturated rings. The maximum absolute atomic E-state index is 12.5. The Hall–Kier alpha value is -0.670. The van der Waals surface area contributed by atoms with Gasteiger partial charge in [-0.15, -0.1) is 12.4 Å². The van der Waals surface area contributed by atoms with E-state index in [1.807, 2.05) is 6.92 Å². The molecule has 0 bridgehead atoms. The summed E-state index contributed by atoms with van der Waals surface area (Å²) in [4.78, 5) is 0.239. The van der Waals surface area contributed by atoms with Gasteiger partial charge >= 0.3 is 0 Å². The number of sulfone groups is 1. The van der Waals surface area contributed by atoms with Crippen LogP contribution in [0.1, 0.15) is 6.92 Å². The Bertz CT molecular complexity index is 686. The maximum atomic E-state index is 12.5. The van der Waals surface area contributed by atoms with Gasteiger partial charge in [-0.3, -0.25) is 0 Å². The highest BCUT2D eigenvalue weighted by Gasteiger charge is 2.30. The minimum absolute atomic E-state index is 0. The zero-order chi connectivity index (χ0) is 15.0. The van der Waals surface area contributed by atoms with Gasteiger partial charge in [-0.2, -0.15) is 4.31 Å². The number of hydrogen-bond donors (Lipinski definition) is 1. The van der Waals surface area contributed by atoms with Crippen LogP contribution < -0.4 is 5.32 Å². The molecule has 0 aliphatic carbocycles. The predicted octanol–water partition coefficient (Wildman–Crippen LogP) is 0.494. The second kappa shape index (κ2) is 6.62. The van der Waals surface area contributed by atoms with Crippen molar-refractivity contribution in [2.45, 2.75) is 22.8 Å². The van der Waals surface area contributed by atoms with Gasteiger partial charge in [-0.05, 0) is 31.2 Å². The van der Waals surface area contributed by atoms with Crippen molar-refractivity contribution in [3.8, 4) is 0 Å². The molecule has 1 aliphatic rings. The minimum atomic E-state index is -3.57. The lowest BCUT2D eigenvalue weighted by molar-refractivity contribution is 0.284. The van der Waals surface area contributed by atoms with Crippen molar-refractivity contribution in [3.05, 3.63) is 24.3 Å². The first-order chi connectivity index (χ1) is 9.23. The van der Waals surface area contributed by atoms with Crippen LogP contribution >= 0.6 is 12.4 Å². The van der Waals surface area contributed by atoms with Gasteiger partial charge < -0.3 is 5.32 Å². The van der Waals surface area contributed by atoms with Gasteiger partial charge in [0, 0.05) is 31.9 Å². The summed E-state index contributed by atoms with van der Waals surface area (Å²) in [6.45, 7) is 3.48. The molecule has 0 amide bonds. The Kier molecular flexibility index (Phi) is 5.79. The number of piperazine rings is 1. The Morgan fingerprint density at radius 2 is 1.62 bits per heavy atom. The molecule has 0 aromatic heterocycles. The smallest absolute Gasteiger partial charge is 0.243 e. The first kappa shape index (κ1) is 18.4. The van der Waals surface area contributed by atoms with Crippen molar-refractivity contribution < 1.29 is 16.8 Å². The quantitative estimate of drug-likeness (QED) is 0.854. The maximum Gasteiger partial charge on any atom is 0.243 e. The Labute approximate surface area is 131 Å². The SMILES string of the molecule is C[C@H]1CNCCN1S(=O)(=O)c1ccc(S(C)(=O)=O)cc1.Cl. The van der Waals surface area contributed by atoms with Crippen LogP contribution in [-0.4, -0.2) is 53.1 Å². The number of benzene rings is 1. The van der Waals surface area contributed by atoms with Crippen LogP contribution in [0.4, 0.5) is 0 Å². The van der Waals surface area contributed by atoms with E-state index in [4.69, 9.17) is 0 Å². The number of sulfonamides is 1. The van der Waals surface area contributed by atoms with Crippen LogP contribution in [0.3, 0.4) is 0 Å². The third kappa shape index (κ3) is 3.95. The van der Waals surface area contributed by atoms with E-state index >= 15 is 0 Å². The first-order valence-electron chi connectivity index (χ1n) is 6.25. The third-order valence-electron chi connectivity index (χ3n) is 3.30. The molecule has 1 atom stereocenters. The van der Waals surface area contributed by atoms with E-state index in [1.165, 1.54) is 28.6 Å². The topological polar surface area (TPSA) is 83.6 Å². The van der Waals surface area contributed by atoms with Crippen LogP contribution in [-0.2, 0) is 19.9 Å². The largest absolute Gasteiger partial charge is 0.314 e. The van der Waals surface area contributed by atoms with Crippen molar-refractivity contribution in [2.75, 3.05) is 25.9 Å². The summed E-state index contributed by atoms with van der Waals surface area (Å²) in [7, 11) is -6.89. The fraction of sp³-hybridized carbons (Fsp3) is 0.500. The summed E-state index contributed by atoms with van der Waals surface area (Å²) in [5.41, 5.74) is 0. The number of rotatable bonds is 3. The van der Waals surface area contributed by atoms with E-state index in [2.05, 4.69) is 5.32 Å². The number of nitrogens with zero attached hydrogens (tertiary/aromatic N) is 1. The molecule has 0 radical (unpaired) electrons. The van der Waals surface area contributed by atoms with Crippen LogP contribution in [0.25, 0.3) is 0 Å². The summed E-state index contributed by atoms with van der Waals surface area (Å²) in [6, 6.07) is 5.23. The molecule has 1 aromatic rings. The van der Waals surface area contributed by atoms with Gasteiger partial charge in [0.1, 0.15) is 0 Å². The van der Waals surface area contributed by atoms with Crippen LogP contribution in [0.2, 0.25) is 0 Å². The average Bonchev–Trinajstić information content (AvgIpc) is 2.38. The highest BCUT2D eigenvalue weighted by atomic mass is 35.5. The average molecular weight is 355 g/mol. The highest BCUT2D eigenvalue weighted by molar-refractivity contribution is 7.90. The lowest BCUT2D eigenvalue weighted by atomic mass is 10.3. The molecule has 0 unspecified atom stereocenters. The molecule has 6 nitrogen and oxygen atoms in total. The second-order valence-corrected chi connectivity index (χ2v) is 8.82. The molecule has 1 N–H and O–H groups in total. The minimum Gasteiger partial charge on any atom is -0.314 e. The Morgan fingerprint density at radius 3 is 2.10 bits per heavy atom. The van der Waals surface area contributed by atoms with Crippen molar-refractivity contribution in [2.24, 2.45) is 0 Å². The van der Waals surface area contributed by atoms with E-state index < -0.39 is 19.9 Å². The van der Waals surface area contributed by atoms with Crippen molar-refractivity contribution in [1.29, 1.82) is 0 Å². The van der Waals surface area contributed by atoms with E-state index in [0.29, 0.717) is 19.6 Å². The lowest BCUT2D eigenvalue weighted by Crippen LogP contribution is -2.52. The highest BCUT2D eigenvalue weighted by Crippen LogP contribution is 2.21. The molecular weight excluding hydrogens is 336 g/mol. The van der Waals surface area contributed by atoms with Crippen LogP contribution in [0.15, 0.2) is 34.1 Å². The summed E-state index contributed by atoms with van der Waals surface area (Å²) >= 11 is 0. The molecule has 1 heterocycles. The van der Waals surface area contributed by atoms with Crippen LogP contribution in [0, 0.1) is 0 Å². The second-order valence-electron chi connectivity index (χ2n) is 4.91. The van der Waals surface area contributed by atoms with Gasteiger partial charge in [-0.25, -0.2) is 16.8 Å². The zero-order valence-electron chi connectivity index (χ0n) is 11.8. The Balaban J connectivity index is 0.00000220. The summed E-state index contributed by atoms with van der Waals surface area (Å²) in [5, 5.41) is 3.13. The van der Waals surface area contributed by atoms with Gasteiger partial charge in [0.25, 0.3) is 0 Å². The van der Waals surface area contributed by atoms with Crippen molar-refractivity contribution >= 4 is 32.3 Å². The summed E-state index contributed by atoms with van der Waals surface area (Å²) in [6.07, 6.45) is 1.09. The molecule has 2 rings (SSSR count). The standard InChI is InChI=1S/C12H18N2O4S2.ClH/c1-10-9-13-7-8-14(10)20(17,18)12-5-3-11(4-6-12)19(2,15)16;/h3-6,10,13H,7-9H2,1-2H3;1H/t10-;/m0./s1. The van der Waals surface area contributed by atoms with E-state index in [0.717, 1.165) is 6.26 Å². The molecule has 21 heavy (non-hydrogen) atoms. The lowest BCUT2D eigenvalue weighted by Gasteiger charge is -2.32. The molecule has 0 saturated carbocycles. The number of nitrogens with one attached hydrogen (secondary N) is 1. The summed E-state index contributed by atoms with van der Waals surface area (Å²) in [5.74, 6) is 0. The fourth-order valence-electron chi connectivity index (χ4n) is 2.17. The molecule has 0 spiro atoms. The molecule has 1 aromatic carbocycles. The summed E-state index contributed by atoms with van der Waals surface area (Å²) < 4.78 is 49.2. The van der Waals surface area contributed by atoms with Crippen LogP contribution in [0.5, 0.6) is 0 Å². The van der Waals surface area contributed by atoms with Gasteiger partial charge in [0.2, 0.25) is 10.0 Å². The fourth-order valence-corrected chi connectivity index (χ4v) is 4.43. The first-order valence-corrected chi connectivity index (χ1v) is 9.59. The normalized spacial score (nSPS) is 20.8. The van der Waals surface area contributed by atoms with E-state index in [1.54, 1.807) is 0 Å². The number of hydrogen-bond acceptors (Lipinski definition) is 5. The van der Waals surface area contributed by atoms with E-state index in [-0.39, 0.29) is 28.2 Å². The Morgan fingerprint density at radius 1 is 1.10 bits per heavy atom. The van der Waals surface area contributed by atoms with Gasteiger partial charge in [0.05, 0.1) is 9.79 Å². The molecule has 9 heteroatoms. The molecule has 1 saturated heterocycles. The van der Waals surface area contributed by atoms with Crippen molar-refractivity contribution in [1.82, 2.24) is 9.62 Å². The molecular formula is C12H19ClN2O4S2. The van der Waals surface area contributed by atoms with Gasteiger partial charge in [0.15, 0.2) is 9.84 Å². The zero-order valence-corrected chi connectivity index (χ0v) is 14.3. The molecule has 120 valence electrons. The van der Waals surface area contributed by atoms with Gasteiger partial charge in [-0.1, -0.05) is 0 Å². The monoisotopic (exact) mass is 354 g/mol.